The fourth-order valence-corrected chi connectivity index (χ4v) is 3.57. The average Bonchev–Trinajstić information content (AvgIpc) is 3.01. The highest BCUT2D eigenvalue weighted by Gasteiger charge is 2.17. The molecule has 3 aromatic rings. The Morgan fingerprint density at radius 3 is 3.12 bits per heavy atom. The molecule has 0 aliphatic carbocycles. The summed E-state index contributed by atoms with van der Waals surface area (Å²) in [6.07, 6.45) is 6.15. The fourth-order valence-electron chi connectivity index (χ4n) is 3.57. The maximum atomic E-state index is 6.07. The number of nitrogens with zero attached hydrogens (tertiary/aromatic N) is 2. The van der Waals surface area contributed by atoms with E-state index in [2.05, 4.69) is 40.1 Å². The first kappa shape index (κ1) is 16.0. The zero-order valence-electron chi connectivity index (χ0n) is 14.5. The van der Waals surface area contributed by atoms with Crippen LogP contribution in [0.1, 0.15) is 12.8 Å². The maximum absolute atomic E-state index is 6.07. The molecule has 1 aliphatic heterocycles. The first-order valence-electron chi connectivity index (χ1n) is 8.83. The van der Waals surface area contributed by atoms with Crippen LogP contribution in [0.5, 0.6) is 5.75 Å². The molecule has 4 rings (SSSR count). The number of nitrogen functional groups attached to an aromatic ring is 1. The number of nitrogens with two attached hydrogens (primary N) is 1. The monoisotopic (exact) mass is 336 g/mol. The fraction of sp³-hybridized carbons (Fsp3) is 0.350. The normalized spacial score (nSPS) is 18.5. The number of piperidine rings is 1. The van der Waals surface area contributed by atoms with Gasteiger partial charge in [0.15, 0.2) is 0 Å². The highest BCUT2D eigenvalue weighted by atomic mass is 16.5. The largest absolute Gasteiger partial charge is 0.493 e. The second-order valence-corrected chi connectivity index (χ2v) is 6.97. The summed E-state index contributed by atoms with van der Waals surface area (Å²) in [5, 5.41) is 0.953. The van der Waals surface area contributed by atoms with E-state index in [1.807, 2.05) is 18.3 Å². The summed E-state index contributed by atoms with van der Waals surface area (Å²) in [6.45, 7) is 3.09. The van der Waals surface area contributed by atoms with Crippen molar-refractivity contribution in [2.45, 2.75) is 12.8 Å². The molecule has 1 fully saturated rings. The summed E-state index contributed by atoms with van der Waals surface area (Å²) in [5.74, 6) is 1.52. The number of anilines is 1. The molecule has 1 saturated heterocycles. The lowest BCUT2D eigenvalue weighted by atomic mass is 9.99. The molecule has 1 aliphatic rings. The number of H-pyrrole nitrogens is 1. The molecule has 0 amide bonds. The van der Waals surface area contributed by atoms with Crippen LogP contribution in [0.3, 0.4) is 0 Å². The molecule has 5 heteroatoms. The Morgan fingerprint density at radius 1 is 1.32 bits per heavy atom. The summed E-state index contributed by atoms with van der Waals surface area (Å²) in [6, 6.07) is 10.3. The number of hydrogen-bond acceptors (Lipinski definition) is 4. The Kier molecular flexibility index (Phi) is 4.32. The Morgan fingerprint density at radius 2 is 2.24 bits per heavy atom. The molecule has 1 atom stereocenters. The zero-order valence-corrected chi connectivity index (χ0v) is 14.5. The van der Waals surface area contributed by atoms with Crippen LogP contribution in [0.4, 0.5) is 5.69 Å². The SMILES string of the molecule is CN1CCCC(COc2cccc(-c3cnc4[nH]cc(N)c4c3)c2)C1. The minimum atomic E-state index is 0.611. The van der Waals surface area contributed by atoms with Gasteiger partial charge in [-0.25, -0.2) is 4.98 Å². The predicted molar refractivity (Wildman–Crippen MR) is 102 cm³/mol. The van der Waals surface area contributed by atoms with Gasteiger partial charge in [-0.2, -0.15) is 0 Å². The second kappa shape index (κ2) is 6.76. The van der Waals surface area contributed by atoms with Gasteiger partial charge in [0.25, 0.3) is 0 Å². The lowest BCUT2D eigenvalue weighted by Gasteiger charge is -2.29. The van der Waals surface area contributed by atoms with E-state index >= 15 is 0 Å². The van der Waals surface area contributed by atoms with Gasteiger partial charge in [0.05, 0.1) is 12.3 Å². The van der Waals surface area contributed by atoms with Gasteiger partial charge in [0, 0.05) is 35.8 Å². The number of benzene rings is 1. The molecule has 3 N–H and O–H groups in total. The Labute approximate surface area is 147 Å². The predicted octanol–water partition coefficient (Wildman–Crippen LogP) is 3.53. The van der Waals surface area contributed by atoms with E-state index < -0.39 is 0 Å². The standard InChI is InChI=1S/C20H24N4O/c1-24-7-3-4-14(12-24)13-25-17-6-2-5-15(8-17)16-9-18-19(21)11-23-20(18)22-10-16/h2,5-6,8-11,14H,3-4,7,12-13,21H2,1H3,(H,22,23). The van der Waals surface area contributed by atoms with Gasteiger partial charge < -0.3 is 20.4 Å². The lowest BCUT2D eigenvalue weighted by Crippen LogP contribution is -2.34. The third-order valence-electron chi connectivity index (χ3n) is 4.94. The van der Waals surface area contributed by atoms with Crippen LogP contribution >= 0.6 is 0 Å². The Balaban J connectivity index is 1.51. The van der Waals surface area contributed by atoms with Crippen molar-refractivity contribution in [1.29, 1.82) is 0 Å². The Bertz CT molecular complexity index is 873. The van der Waals surface area contributed by atoms with Crippen LogP contribution in [0, 0.1) is 5.92 Å². The van der Waals surface area contributed by atoms with Crippen molar-refractivity contribution in [1.82, 2.24) is 14.9 Å². The molecule has 25 heavy (non-hydrogen) atoms. The van der Waals surface area contributed by atoms with Gasteiger partial charge in [0.2, 0.25) is 0 Å². The smallest absolute Gasteiger partial charge is 0.139 e. The van der Waals surface area contributed by atoms with E-state index in [1.54, 1.807) is 6.20 Å². The molecule has 0 spiro atoms. The number of likely N-dealkylation sites (tertiary alicyclic amines) is 1. The highest BCUT2D eigenvalue weighted by Crippen LogP contribution is 2.28. The van der Waals surface area contributed by atoms with Crippen LogP contribution in [-0.4, -0.2) is 41.6 Å². The molecule has 1 unspecified atom stereocenters. The number of pyridine rings is 1. The van der Waals surface area contributed by atoms with E-state index in [0.29, 0.717) is 5.92 Å². The molecular formula is C20H24N4O. The molecule has 3 heterocycles. The van der Waals surface area contributed by atoms with E-state index in [4.69, 9.17) is 10.5 Å². The van der Waals surface area contributed by atoms with Crippen LogP contribution in [0.25, 0.3) is 22.2 Å². The van der Waals surface area contributed by atoms with Crippen LogP contribution in [0.2, 0.25) is 0 Å². The molecule has 5 nitrogen and oxygen atoms in total. The van der Waals surface area contributed by atoms with Gasteiger partial charge in [-0.15, -0.1) is 0 Å². The highest BCUT2D eigenvalue weighted by molar-refractivity contribution is 5.91. The van der Waals surface area contributed by atoms with Crippen LogP contribution in [0.15, 0.2) is 42.7 Å². The summed E-state index contributed by atoms with van der Waals surface area (Å²) >= 11 is 0. The van der Waals surface area contributed by atoms with Crippen molar-refractivity contribution >= 4 is 16.7 Å². The van der Waals surface area contributed by atoms with Crippen molar-refractivity contribution in [3.8, 4) is 16.9 Å². The number of fused-ring (bicyclic) bond motifs is 1. The minimum Gasteiger partial charge on any atom is -0.493 e. The maximum Gasteiger partial charge on any atom is 0.139 e. The lowest BCUT2D eigenvalue weighted by molar-refractivity contribution is 0.150. The molecular weight excluding hydrogens is 312 g/mol. The van der Waals surface area contributed by atoms with Crippen molar-refractivity contribution in [3.05, 3.63) is 42.7 Å². The zero-order chi connectivity index (χ0) is 17.2. The minimum absolute atomic E-state index is 0.611. The first-order valence-corrected chi connectivity index (χ1v) is 8.83. The van der Waals surface area contributed by atoms with Gasteiger partial charge in [-0.05, 0) is 50.2 Å². The number of nitrogens with one attached hydrogen (secondary N) is 1. The van der Waals surface area contributed by atoms with Gasteiger partial charge >= 0.3 is 0 Å². The second-order valence-electron chi connectivity index (χ2n) is 6.97. The van der Waals surface area contributed by atoms with Crippen molar-refractivity contribution in [2.75, 3.05) is 32.5 Å². The van der Waals surface area contributed by atoms with E-state index in [1.165, 1.54) is 19.4 Å². The van der Waals surface area contributed by atoms with E-state index in [0.717, 1.165) is 46.7 Å². The molecule has 1 aromatic carbocycles. The summed E-state index contributed by atoms with van der Waals surface area (Å²) in [7, 11) is 2.18. The summed E-state index contributed by atoms with van der Waals surface area (Å²) in [5.41, 5.74) is 9.66. The Hall–Kier alpha value is -2.53. The molecule has 2 aromatic heterocycles. The average molecular weight is 336 g/mol. The van der Waals surface area contributed by atoms with E-state index in [-0.39, 0.29) is 0 Å². The van der Waals surface area contributed by atoms with Crippen LogP contribution in [-0.2, 0) is 0 Å². The number of aromatic nitrogens is 2. The quantitative estimate of drug-likeness (QED) is 0.765. The molecule has 0 bridgehead atoms. The third-order valence-corrected chi connectivity index (χ3v) is 4.94. The number of hydrogen-bond donors (Lipinski definition) is 2. The van der Waals surface area contributed by atoms with Crippen molar-refractivity contribution in [3.63, 3.8) is 0 Å². The number of aromatic amines is 1. The third kappa shape index (κ3) is 3.46. The van der Waals surface area contributed by atoms with E-state index in [9.17, 15) is 0 Å². The molecule has 0 saturated carbocycles. The van der Waals surface area contributed by atoms with Gasteiger partial charge in [0.1, 0.15) is 11.4 Å². The summed E-state index contributed by atoms with van der Waals surface area (Å²) < 4.78 is 6.07. The summed E-state index contributed by atoms with van der Waals surface area (Å²) in [4.78, 5) is 9.91. The number of ether oxygens (including phenoxy) is 1. The van der Waals surface area contributed by atoms with Gasteiger partial charge in [-0.1, -0.05) is 12.1 Å². The first-order chi connectivity index (χ1) is 12.2. The molecule has 130 valence electrons. The van der Waals surface area contributed by atoms with Gasteiger partial charge in [-0.3, -0.25) is 0 Å². The molecule has 0 radical (unpaired) electrons. The van der Waals surface area contributed by atoms with Crippen molar-refractivity contribution < 1.29 is 4.74 Å². The number of rotatable bonds is 4. The van der Waals surface area contributed by atoms with Crippen LogP contribution < -0.4 is 10.5 Å². The van der Waals surface area contributed by atoms with Crippen molar-refractivity contribution in [2.24, 2.45) is 5.92 Å². The topological polar surface area (TPSA) is 67.2 Å².